The summed E-state index contributed by atoms with van der Waals surface area (Å²) in [5, 5.41) is 9.59. The maximum atomic E-state index is 14.3. The molecular formula is C43H50F4N8O10S2. The van der Waals surface area contributed by atoms with Crippen LogP contribution in [-0.2, 0) is 37.4 Å². The van der Waals surface area contributed by atoms with Gasteiger partial charge in [-0.15, -0.1) is 0 Å². The number of halogens is 4. The highest BCUT2D eigenvalue weighted by Crippen LogP contribution is 2.48. The van der Waals surface area contributed by atoms with Crippen molar-refractivity contribution < 1.29 is 62.9 Å². The van der Waals surface area contributed by atoms with Gasteiger partial charge in [0.2, 0.25) is 11.8 Å². The van der Waals surface area contributed by atoms with Crippen LogP contribution >= 0.6 is 0 Å². The topological polar surface area (TPSA) is 222 Å². The first-order valence-electron chi connectivity index (χ1n) is 21.2. The van der Waals surface area contributed by atoms with Gasteiger partial charge in [0, 0.05) is 44.2 Å². The van der Waals surface area contributed by atoms with Gasteiger partial charge in [-0.2, -0.15) is 16.8 Å². The molecule has 4 saturated heterocycles. The average molecular weight is 979 g/mol. The number of hydrogen-bond acceptors (Lipinski definition) is 17. The van der Waals surface area contributed by atoms with Crippen molar-refractivity contribution in [2.45, 2.75) is 102 Å². The number of piperidine rings is 2. The van der Waals surface area contributed by atoms with Gasteiger partial charge in [0.1, 0.15) is 54.7 Å². The van der Waals surface area contributed by atoms with E-state index in [9.17, 15) is 22.4 Å². The number of morpholine rings is 2. The minimum atomic E-state index is -2.73. The third-order valence-electron chi connectivity index (χ3n) is 11.6. The molecule has 0 radical (unpaired) electrons. The summed E-state index contributed by atoms with van der Waals surface area (Å²) < 4.78 is 117. The molecular weight excluding hydrogens is 929 g/mol. The van der Waals surface area contributed by atoms with Crippen LogP contribution in [0.25, 0.3) is 0 Å². The molecule has 4 aromatic rings. The zero-order valence-corrected chi connectivity index (χ0v) is 38.5. The summed E-state index contributed by atoms with van der Waals surface area (Å²) in [4.78, 5) is 31.3. The minimum absolute atomic E-state index is 0.0905. The van der Waals surface area contributed by atoms with E-state index in [0.717, 1.165) is 42.7 Å². The number of alkyl halides is 2. The van der Waals surface area contributed by atoms with E-state index in [1.54, 1.807) is 30.0 Å². The molecule has 4 bridgehead atoms. The van der Waals surface area contributed by atoms with Crippen LogP contribution in [0.2, 0.25) is 0 Å². The molecule has 18 nitrogen and oxygen atoms in total. The lowest BCUT2D eigenvalue weighted by Gasteiger charge is -2.47. The number of anilines is 4. The smallest absolute Gasteiger partial charge is 0.410 e. The number of carbonyl (C=O) groups excluding carboxylic acids is 1. The molecule has 2 aromatic heterocycles. The van der Waals surface area contributed by atoms with Gasteiger partial charge >= 0.3 is 29.2 Å². The van der Waals surface area contributed by atoms with Crippen molar-refractivity contribution >= 4 is 52.2 Å². The Morgan fingerprint density at radius 3 is 1.60 bits per heavy atom. The van der Waals surface area contributed by atoms with Crippen molar-refractivity contribution in [1.82, 2.24) is 30.2 Å². The zero-order chi connectivity index (χ0) is 48.3. The normalized spacial score (nSPS) is 24.0. The molecule has 5 atom stereocenters. The summed E-state index contributed by atoms with van der Waals surface area (Å²) in [5.41, 5.74) is 3.76. The Hall–Kier alpha value is -5.69. The van der Waals surface area contributed by atoms with Crippen molar-refractivity contribution in [1.29, 1.82) is 0 Å². The molecule has 1 amide bonds. The van der Waals surface area contributed by atoms with Crippen LogP contribution in [0.4, 0.5) is 45.4 Å². The van der Waals surface area contributed by atoms with Crippen molar-refractivity contribution in [3.8, 4) is 11.8 Å². The molecule has 5 unspecified atom stereocenters. The fourth-order valence-corrected chi connectivity index (χ4v) is 8.21. The van der Waals surface area contributed by atoms with E-state index in [1.807, 2.05) is 26.8 Å². The molecule has 5 fully saturated rings. The predicted octanol–water partition coefficient (Wildman–Crippen LogP) is 5.91. The summed E-state index contributed by atoms with van der Waals surface area (Å²) in [6, 6.07) is 10.0. The van der Waals surface area contributed by atoms with E-state index in [4.69, 9.17) is 40.5 Å². The number of aryl methyl sites for hydroxylation is 2. The number of carbonyl (C=O) groups is 1. The van der Waals surface area contributed by atoms with Gasteiger partial charge in [-0.05, 0) is 63.1 Å². The molecule has 9 rings (SSSR count). The van der Waals surface area contributed by atoms with Crippen LogP contribution < -0.4 is 25.4 Å². The second-order valence-corrected chi connectivity index (χ2v) is 16.9. The summed E-state index contributed by atoms with van der Waals surface area (Å²) >= 11 is -1.50. The first-order chi connectivity index (χ1) is 32.1. The monoisotopic (exact) mass is 978 g/mol. The lowest BCUT2D eigenvalue weighted by molar-refractivity contribution is -0.0917. The summed E-state index contributed by atoms with van der Waals surface area (Å²) in [5.74, 6) is -2.42. The zero-order valence-electron chi connectivity index (χ0n) is 36.9. The van der Waals surface area contributed by atoms with Crippen molar-refractivity contribution in [2.75, 3.05) is 43.7 Å². The standard InChI is InChI=1S/C24H27F3N4O4.C19H23FN4O2.2O2S/c1-13-3-4-20(19(25)5-13)30-21-14(2)22(29-12-28-21)35-18-6-16-10-33-11-17(7-18)31(16)23(32)34-9-15-8-24(15,26)27;1-11-3-4-17(16(20)5-11)24-18-12(2)19(22-10-21-18)26-15-6-13-8-25-9-14(7-15)23-13;2*1-3-2/h3-5,12,15-18H,6-11H2,1-2H3,(H,28,29,30);3-5,10,13-15,23H,6-9H2,1-2H3,(H,21,22,24);;. The lowest BCUT2D eigenvalue weighted by Crippen LogP contribution is -2.61. The fraction of sp³-hybridized carbons (Fsp3) is 0.512. The highest BCUT2D eigenvalue weighted by atomic mass is 32.1. The molecule has 3 N–H and O–H groups in total. The highest BCUT2D eigenvalue weighted by Gasteiger charge is 2.57. The van der Waals surface area contributed by atoms with Gasteiger partial charge in [0.25, 0.3) is 5.92 Å². The third kappa shape index (κ3) is 13.7. The number of aromatic nitrogens is 4. The van der Waals surface area contributed by atoms with Crippen LogP contribution in [0.1, 0.15) is 54.4 Å². The number of fused-ring (bicyclic) bond motifs is 4. The summed E-state index contributed by atoms with van der Waals surface area (Å²) in [7, 11) is 0. The van der Waals surface area contributed by atoms with E-state index in [0.29, 0.717) is 78.5 Å². The molecule has 1 saturated carbocycles. The van der Waals surface area contributed by atoms with Gasteiger partial charge in [-0.25, -0.2) is 42.3 Å². The fourth-order valence-electron chi connectivity index (χ4n) is 8.21. The first-order valence-corrected chi connectivity index (χ1v) is 22.6. The Bertz CT molecular complexity index is 2400. The molecule has 0 spiro atoms. The average Bonchev–Trinajstić information content (AvgIpc) is 3.90. The Balaban J connectivity index is 0.000000205. The highest BCUT2D eigenvalue weighted by molar-refractivity contribution is 7.51. The maximum Gasteiger partial charge on any atom is 0.410 e. The molecule has 362 valence electrons. The van der Waals surface area contributed by atoms with Crippen molar-refractivity contribution in [3.05, 3.63) is 82.9 Å². The van der Waals surface area contributed by atoms with Gasteiger partial charge < -0.3 is 39.6 Å². The Labute approximate surface area is 390 Å². The summed E-state index contributed by atoms with van der Waals surface area (Å²) in [6.07, 6.45) is 4.53. The maximum absolute atomic E-state index is 14.3. The van der Waals surface area contributed by atoms with Crippen LogP contribution in [0.5, 0.6) is 11.8 Å². The number of amides is 1. The van der Waals surface area contributed by atoms with Crippen LogP contribution in [0.3, 0.4) is 0 Å². The molecule has 2 aromatic carbocycles. The van der Waals surface area contributed by atoms with E-state index in [2.05, 4.69) is 35.9 Å². The van der Waals surface area contributed by atoms with Crippen LogP contribution in [0.15, 0.2) is 49.1 Å². The molecule has 67 heavy (non-hydrogen) atoms. The Morgan fingerprint density at radius 2 is 1.16 bits per heavy atom. The van der Waals surface area contributed by atoms with Crippen molar-refractivity contribution in [2.24, 2.45) is 5.92 Å². The first kappa shape index (κ1) is 50.7. The predicted molar refractivity (Wildman–Crippen MR) is 234 cm³/mol. The number of rotatable bonds is 10. The van der Waals surface area contributed by atoms with E-state index >= 15 is 0 Å². The molecule has 5 aliphatic rings. The largest absolute Gasteiger partial charge is 0.474 e. The molecule has 6 heterocycles. The molecule has 4 aliphatic heterocycles. The van der Waals surface area contributed by atoms with Gasteiger partial charge in [-0.3, -0.25) is 4.90 Å². The Kier molecular flexibility index (Phi) is 17.7. The van der Waals surface area contributed by atoms with Crippen LogP contribution in [-0.4, -0.2) is 123 Å². The summed E-state index contributed by atoms with van der Waals surface area (Å²) in [6.45, 7) is 9.13. The second kappa shape index (κ2) is 23.4. The van der Waals surface area contributed by atoms with Crippen molar-refractivity contribution in [3.63, 3.8) is 0 Å². The van der Waals surface area contributed by atoms with Gasteiger partial charge in [0.05, 0.1) is 66.9 Å². The van der Waals surface area contributed by atoms with Crippen LogP contribution in [0, 0.1) is 45.2 Å². The number of nitrogens with zero attached hydrogens (tertiary/aromatic N) is 5. The minimum Gasteiger partial charge on any atom is -0.474 e. The number of ether oxygens (including phenoxy) is 5. The molecule has 24 heteroatoms. The Morgan fingerprint density at radius 1 is 0.731 bits per heavy atom. The van der Waals surface area contributed by atoms with E-state index < -0.39 is 41.1 Å². The van der Waals surface area contributed by atoms with E-state index in [1.165, 1.54) is 24.8 Å². The third-order valence-corrected chi connectivity index (χ3v) is 11.6. The number of nitrogens with one attached hydrogen (secondary N) is 3. The number of hydrogen-bond donors (Lipinski definition) is 3. The van der Waals surface area contributed by atoms with Gasteiger partial charge in [0.15, 0.2) is 0 Å². The second-order valence-electron chi connectivity index (χ2n) is 16.7. The molecule has 1 aliphatic carbocycles. The lowest BCUT2D eigenvalue weighted by atomic mass is 9.92. The van der Waals surface area contributed by atoms with Gasteiger partial charge in [-0.1, -0.05) is 12.1 Å². The SMILES string of the molecule is Cc1ccc(Nc2ncnc(OC3CC4COCC(C3)N4)c2C)c(F)c1.Cc1ccc(Nc2ncnc(OC3CC4COCC(C3)N4C(=O)OCC3CC3(F)F)c2C)c(F)c1.O=S=O.O=S=O. The number of benzene rings is 2. The van der Waals surface area contributed by atoms with E-state index in [-0.39, 0.29) is 49.0 Å². The quantitative estimate of drug-likeness (QED) is 0.157.